The summed E-state index contributed by atoms with van der Waals surface area (Å²) in [7, 11) is -0.994. The third-order valence-corrected chi connectivity index (χ3v) is 4.48. The number of esters is 1. The summed E-state index contributed by atoms with van der Waals surface area (Å²) in [6, 6.07) is 1.23. The van der Waals surface area contributed by atoms with Gasteiger partial charge in [-0.15, -0.1) is 0 Å². The Morgan fingerprint density at radius 3 is 2.32 bits per heavy atom. The lowest BCUT2D eigenvalue weighted by molar-refractivity contribution is -0.138. The van der Waals surface area contributed by atoms with Crippen LogP contribution < -0.4 is 5.32 Å². The Bertz CT molecular complexity index is 365. The number of nitrogens with one attached hydrogen (secondary N) is 1. The second kappa shape index (κ2) is 11.3. The Hall–Kier alpha value is -1.34. The Morgan fingerprint density at radius 1 is 1.05 bits per heavy atom. The largest absolute Gasteiger partial charge is 0.460 e. The lowest BCUT2D eigenvalue weighted by atomic mass is 10.4. The van der Waals surface area contributed by atoms with E-state index in [4.69, 9.17) is 14.2 Å². The van der Waals surface area contributed by atoms with Crippen molar-refractivity contribution in [3.63, 3.8) is 0 Å². The van der Waals surface area contributed by atoms with Gasteiger partial charge in [-0.25, -0.2) is 9.59 Å². The van der Waals surface area contributed by atoms with Crippen LogP contribution in [0.5, 0.6) is 0 Å². The molecule has 0 aliphatic heterocycles. The van der Waals surface area contributed by atoms with Crippen molar-refractivity contribution in [1.82, 2.24) is 5.32 Å². The molecule has 0 aromatic rings. The molecule has 0 spiro atoms. The van der Waals surface area contributed by atoms with Crippen LogP contribution in [-0.2, 0) is 19.0 Å². The Labute approximate surface area is 134 Å². The van der Waals surface area contributed by atoms with Gasteiger partial charge in [-0.05, 0) is 13.3 Å². The maximum atomic E-state index is 11.3. The van der Waals surface area contributed by atoms with Crippen LogP contribution in [0.1, 0.15) is 13.3 Å². The third-order valence-electron chi connectivity index (χ3n) is 2.63. The van der Waals surface area contributed by atoms with Crippen LogP contribution in [0.15, 0.2) is 12.2 Å². The highest BCUT2D eigenvalue weighted by Gasteiger charge is 2.11. The molecule has 0 saturated heterocycles. The standard InChI is InChI=1S/C15H29NO5Si/c1-13(2)14(17)20-9-7-16-15(18)21-11-10-19-8-6-12-22(3,4)5/h1,6-12H2,2-5H3,(H,16,18). The van der Waals surface area contributed by atoms with Crippen LogP contribution in [0, 0.1) is 0 Å². The molecular formula is C15H29NO5Si. The fourth-order valence-electron chi connectivity index (χ4n) is 1.47. The average molecular weight is 331 g/mol. The summed E-state index contributed by atoms with van der Waals surface area (Å²) >= 11 is 0. The van der Waals surface area contributed by atoms with E-state index in [0.29, 0.717) is 18.8 Å². The van der Waals surface area contributed by atoms with Gasteiger partial charge in [0.05, 0.1) is 13.2 Å². The summed E-state index contributed by atoms with van der Waals surface area (Å²) in [5.74, 6) is -0.470. The molecule has 0 atom stereocenters. The molecule has 0 unspecified atom stereocenters. The fraction of sp³-hybridized carbons (Fsp3) is 0.733. The van der Waals surface area contributed by atoms with Crippen molar-refractivity contribution in [2.45, 2.75) is 39.0 Å². The fourth-order valence-corrected chi connectivity index (χ4v) is 2.68. The van der Waals surface area contributed by atoms with Gasteiger partial charge < -0.3 is 19.5 Å². The first-order chi connectivity index (χ1) is 10.2. The molecule has 0 radical (unpaired) electrons. The normalized spacial score (nSPS) is 10.9. The molecule has 0 heterocycles. The molecule has 0 rings (SSSR count). The summed E-state index contributed by atoms with van der Waals surface area (Å²) in [5.41, 5.74) is 0.328. The number of alkyl carbamates (subject to hydrolysis) is 1. The quantitative estimate of drug-likeness (QED) is 0.273. The van der Waals surface area contributed by atoms with Gasteiger partial charge in [-0.3, -0.25) is 0 Å². The molecule has 0 aliphatic carbocycles. The molecule has 22 heavy (non-hydrogen) atoms. The predicted octanol–water partition coefficient (Wildman–Crippen LogP) is 2.58. The first-order valence-electron chi connectivity index (χ1n) is 7.53. The minimum Gasteiger partial charge on any atom is -0.460 e. The van der Waals surface area contributed by atoms with Gasteiger partial charge in [-0.2, -0.15) is 0 Å². The first-order valence-corrected chi connectivity index (χ1v) is 11.2. The SMILES string of the molecule is C=C(C)C(=O)OCCNC(=O)OCCOCCC[Si](C)(C)C. The summed E-state index contributed by atoms with van der Waals surface area (Å²) in [6.45, 7) is 13.6. The van der Waals surface area contributed by atoms with Crippen molar-refractivity contribution in [2.75, 3.05) is 33.0 Å². The van der Waals surface area contributed by atoms with Gasteiger partial charge >= 0.3 is 12.1 Å². The average Bonchev–Trinajstić information content (AvgIpc) is 2.40. The van der Waals surface area contributed by atoms with Gasteiger partial charge in [0.25, 0.3) is 0 Å². The molecule has 0 fully saturated rings. The van der Waals surface area contributed by atoms with Crippen LogP contribution in [0.4, 0.5) is 4.79 Å². The Balaban J connectivity index is 3.40. The van der Waals surface area contributed by atoms with Crippen LogP contribution in [0.25, 0.3) is 0 Å². The molecule has 0 bridgehead atoms. The highest BCUT2D eigenvalue weighted by Crippen LogP contribution is 2.10. The molecule has 1 amide bonds. The minimum atomic E-state index is -0.994. The van der Waals surface area contributed by atoms with Gasteiger partial charge in [0.15, 0.2) is 0 Å². The van der Waals surface area contributed by atoms with Crippen molar-refractivity contribution in [3.05, 3.63) is 12.2 Å². The van der Waals surface area contributed by atoms with Crippen LogP contribution in [0.3, 0.4) is 0 Å². The van der Waals surface area contributed by atoms with Crippen LogP contribution in [-0.4, -0.2) is 53.1 Å². The van der Waals surface area contributed by atoms with E-state index in [2.05, 4.69) is 31.5 Å². The minimum absolute atomic E-state index is 0.0913. The maximum Gasteiger partial charge on any atom is 0.407 e. The van der Waals surface area contributed by atoms with Gasteiger partial charge in [0.2, 0.25) is 0 Å². The number of ether oxygens (including phenoxy) is 3. The van der Waals surface area contributed by atoms with E-state index in [9.17, 15) is 9.59 Å². The highest BCUT2D eigenvalue weighted by atomic mass is 28.3. The van der Waals surface area contributed by atoms with E-state index in [-0.39, 0.29) is 19.8 Å². The van der Waals surface area contributed by atoms with E-state index in [1.165, 1.54) is 6.04 Å². The molecule has 6 nitrogen and oxygen atoms in total. The van der Waals surface area contributed by atoms with Crippen molar-refractivity contribution < 1.29 is 23.8 Å². The summed E-state index contributed by atoms with van der Waals surface area (Å²) in [5, 5.41) is 2.48. The number of amides is 1. The van der Waals surface area contributed by atoms with E-state index in [0.717, 1.165) is 6.42 Å². The van der Waals surface area contributed by atoms with Crippen molar-refractivity contribution in [2.24, 2.45) is 0 Å². The molecule has 128 valence electrons. The van der Waals surface area contributed by atoms with Crippen molar-refractivity contribution >= 4 is 20.1 Å². The summed E-state index contributed by atoms with van der Waals surface area (Å²) < 4.78 is 15.1. The maximum absolute atomic E-state index is 11.3. The van der Waals surface area contributed by atoms with Gasteiger partial charge in [-0.1, -0.05) is 32.3 Å². The number of carbonyl (C=O) groups excluding carboxylic acids is 2. The molecule has 0 saturated carbocycles. The topological polar surface area (TPSA) is 73.9 Å². The zero-order chi connectivity index (χ0) is 17.0. The second-order valence-electron chi connectivity index (χ2n) is 6.26. The van der Waals surface area contributed by atoms with Crippen LogP contribution in [0.2, 0.25) is 25.7 Å². The van der Waals surface area contributed by atoms with E-state index < -0.39 is 20.1 Å². The smallest absolute Gasteiger partial charge is 0.407 e. The van der Waals surface area contributed by atoms with E-state index in [1.54, 1.807) is 6.92 Å². The number of hydrogen-bond acceptors (Lipinski definition) is 5. The second-order valence-corrected chi connectivity index (χ2v) is 11.9. The molecule has 1 N–H and O–H groups in total. The zero-order valence-electron chi connectivity index (χ0n) is 14.2. The zero-order valence-corrected chi connectivity index (χ0v) is 15.2. The van der Waals surface area contributed by atoms with E-state index >= 15 is 0 Å². The molecular weight excluding hydrogens is 302 g/mol. The first kappa shape index (κ1) is 20.7. The lowest BCUT2D eigenvalue weighted by Crippen LogP contribution is -2.29. The highest BCUT2D eigenvalue weighted by molar-refractivity contribution is 6.76. The van der Waals surface area contributed by atoms with Crippen molar-refractivity contribution in [3.8, 4) is 0 Å². The monoisotopic (exact) mass is 331 g/mol. The van der Waals surface area contributed by atoms with Gasteiger partial charge in [0.1, 0.15) is 13.2 Å². The van der Waals surface area contributed by atoms with E-state index in [1.807, 2.05) is 0 Å². The van der Waals surface area contributed by atoms with Crippen LogP contribution >= 0.6 is 0 Å². The number of carbonyl (C=O) groups is 2. The lowest BCUT2D eigenvalue weighted by Gasteiger charge is -2.15. The Kier molecular flexibility index (Phi) is 10.6. The van der Waals surface area contributed by atoms with Crippen molar-refractivity contribution in [1.29, 1.82) is 0 Å². The van der Waals surface area contributed by atoms with Gasteiger partial charge in [0, 0.05) is 20.3 Å². The molecule has 0 aromatic carbocycles. The predicted molar refractivity (Wildman–Crippen MR) is 88.7 cm³/mol. The summed E-state index contributed by atoms with van der Waals surface area (Å²) in [4.78, 5) is 22.4. The Morgan fingerprint density at radius 2 is 1.73 bits per heavy atom. The number of rotatable bonds is 11. The molecule has 7 heteroatoms. The third kappa shape index (κ3) is 13.6. The number of hydrogen-bond donors (Lipinski definition) is 1. The molecule has 0 aromatic heterocycles. The molecule has 0 aliphatic rings. The summed E-state index contributed by atoms with van der Waals surface area (Å²) in [6.07, 6.45) is 0.507.